The Labute approximate surface area is 161 Å². The van der Waals surface area contributed by atoms with E-state index < -0.39 is 12.6 Å². The van der Waals surface area contributed by atoms with Gasteiger partial charge in [-0.25, -0.2) is 0 Å². The number of pyridine rings is 1. The molecule has 150 valence electrons. The fraction of sp³-hybridized carbons (Fsp3) is 0.471. The number of nitrogens with one attached hydrogen (secondary N) is 2. The molecule has 0 aliphatic heterocycles. The molecule has 0 fully saturated rings. The average molecular weight is 406 g/mol. The Balaban J connectivity index is 2.70. The van der Waals surface area contributed by atoms with Crippen molar-refractivity contribution in [2.24, 2.45) is 0 Å². The molecule has 0 saturated carbocycles. The van der Waals surface area contributed by atoms with Crippen LogP contribution >= 0.6 is 11.6 Å². The van der Waals surface area contributed by atoms with Gasteiger partial charge in [-0.3, -0.25) is 15.2 Å². The molecule has 0 unspecified atom stereocenters. The number of rotatable bonds is 10. The zero-order valence-electron chi connectivity index (χ0n) is 15.2. The minimum atomic E-state index is -4.23. The first kappa shape index (κ1) is 22.9. The van der Waals surface area contributed by atoms with Gasteiger partial charge >= 0.3 is 6.18 Å². The molecule has 1 heterocycles. The van der Waals surface area contributed by atoms with Gasteiger partial charge in [0, 0.05) is 38.5 Å². The highest BCUT2D eigenvalue weighted by Gasteiger charge is 2.27. The van der Waals surface area contributed by atoms with Gasteiger partial charge < -0.3 is 15.1 Å². The molecule has 1 aromatic rings. The quantitative estimate of drug-likeness (QED) is 0.582. The summed E-state index contributed by atoms with van der Waals surface area (Å²) in [6, 6.07) is 3.48. The maximum absolute atomic E-state index is 12.5. The molecule has 0 aliphatic carbocycles. The number of hydrogen-bond acceptors (Lipinski definition) is 5. The molecule has 0 saturated heterocycles. The smallest absolute Gasteiger partial charge is 0.358 e. The summed E-state index contributed by atoms with van der Waals surface area (Å²) < 4.78 is 36.8. The van der Waals surface area contributed by atoms with Crippen LogP contribution in [0.25, 0.3) is 0 Å². The van der Waals surface area contributed by atoms with E-state index >= 15 is 0 Å². The monoisotopic (exact) mass is 405 g/mol. The average Bonchev–Trinajstić information content (AvgIpc) is 2.61. The number of nitrogens with zero attached hydrogens (tertiary/aromatic N) is 3. The summed E-state index contributed by atoms with van der Waals surface area (Å²) >= 11 is 5.82. The van der Waals surface area contributed by atoms with Crippen LogP contribution in [0.3, 0.4) is 0 Å². The summed E-state index contributed by atoms with van der Waals surface area (Å²) in [5, 5.41) is 10.3. The van der Waals surface area contributed by atoms with Gasteiger partial charge in [0.05, 0.1) is 24.0 Å². The molecule has 10 heteroatoms. The van der Waals surface area contributed by atoms with Crippen molar-refractivity contribution in [1.29, 1.82) is 5.41 Å². The third-order valence-electron chi connectivity index (χ3n) is 3.65. The van der Waals surface area contributed by atoms with Crippen LogP contribution in [0.5, 0.6) is 0 Å². The second-order valence-electron chi connectivity index (χ2n) is 5.79. The van der Waals surface area contributed by atoms with E-state index in [4.69, 9.17) is 17.0 Å². The maximum Gasteiger partial charge on any atom is 0.390 e. The van der Waals surface area contributed by atoms with Crippen molar-refractivity contribution in [2.45, 2.75) is 25.9 Å². The number of allylic oxidation sites excluding steroid dienone is 1. The van der Waals surface area contributed by atoms with Gasteiger partial charge in [-0.15, -0.1) is 0 Å². The first-order valence-electron chi connectivity index (χ1n) is 8.31. The number of carbonyl (C=O) groups is 1. The fourth-order valence-electron chi connectivity index (χ4n) is 2.19. The lowest BCUT2D eigenvalue weighted by Crippen LogP contribution is -2.35. The lowest BCUT2D eigenvalue weighted by Gasteiger charge is -2.24. The van der Waals surface area contributed by atoms with Gasteiger partial charge in [-0.1, -0.05) is 11.6 Å². The van der Waals surface area contributed by atoms with Gasteiger partial charge in [0.2, 0.25) is 5.91 Å². The lowest BCUT2D eigenvalue weighted by atomic mass is 10.3. The summed E-state index contributed by atoms with van der Waals surface area (Å²) in [6.07, 6.45) is -0.537. The number of aromatic nitrogens is 1. The predicted molar refractivity (Wildman–Crippen MR) is 99.7 cm³/mol. The standard InChI is InChI=1S/C17H23ClF3N5O/c1-3-26(15(27)6-9-25(2)10-7-17(19,20)21)14(16(18)22)12-24-13-5-4-8-23-11-13/h4-5,8,11-12,22,24H,3,6-7,9-10H2,1-2H3/b14-12+,22-16?. The second-order valence-corrected chi connectivity index (χ2v) is 6.16. The molecule has 0 aromatic carbocycles. The number of alkyl halides is 3. The first-order chi connectivity index (χ1) is 12.6. The highest BCUT2D eigenvalue weighted by atomic mass is 35.5. The zero-order valence-corrected chi connectivity index (χ0v) is 15.9. The lowest BCUT2D eigenvalue weighted by molar-refractivity contribution is -0.137. The molecule has 0 atom stereocenters. The molecule has 27 heavy (non-hydrogen) atoms. The van der Waals surface area contributed by atoms with E-state index in [1.807, 2.05) is 0 Å². The Morgan fingerprint density at radius 2 is 2.11 bits per heavy atom. The van der Waals surface area contributed by atoms with Crippen LogP contribution in [0, 0.1) is 5.41 Å². The molecular weight excluding hydrogens is 383 g/mol. The van der Waals surface area contributed by atoms with Crippen LogP contribution in [0.2, 0.25) is 0 Å². The summed E-state index contributed by atoms with van der Waals surface area (Å²) in [5.41, 5.74) is 0.828. The van der Waals surface area contributed by atoms with Crippen molar-refractivity contribution >= 4 is 28.4 Å². The van der Waals surface area contributed by atoms with Crippen molar-refractivity contribution in [3.05, 3.63) is 36.4 Å². The molecule has 0 radical (unpaired) electrons. The van der Waals surface area contributed by atoms with E-state index in [0.717, 1.165) is 0 Å². The van der Waals surface area contributed by atoms with E-state index in [9.17, 15) is 18.0 Å². The highest BCUT2D eigenvalue weighted by Crippen LogP contribution is 2.19. The summed E-state index contributed by atoms with van der Waals surface area (Å²) in [6.45, 7) is 1.98. The molecule has 1 rings (SSSR count). The third kappa shape index (κ3) is 8.87. The maximum atomic E-state index is 12.5. The SMILES string of the molecule is CCN(C(=O)CCN(C)CCC(F)(F)F)/C(=C/Nc1cccnc1)C(=N)Cl. The fourth-order valence-corrected chi connectivity index (χ4v) is 2.35. The molecule has 1 aromatic heterocycles. The van der Waals surface area contributed by atoms with Crippen molar-refractivity contribution in [1.82, 2.24) is 14.8 Å². The van der Waals surface area contributed by atoms with E-state index in [1.165, 1.54) is 23.0 Å². The van der Waals surface area contributed by atoms with Crippen LogP contribution in [0.15, 0.2) is 36.4 Å². The van der Waals surface area contributed by atoms with Gasteiger partial charge in [0.25, 0.3) is 0 Å². The van der Waals surface area contributed by atoms with Crippen LogP contribution in [0.4, 0.5) is 18.9 Å². The van der Waals surface area contributed by atoms with Crippen LogP contribution in [0.1, 0.15) is 19.8 Å². The Morgan fingerprint density at radius 1 is 1.41 bits per heavy atom. The highest BCUT2D eigenvalue weighted by molar-refractivity contribution is 6.68. The van der Waals surface area contributed by atoms with E-state index in [1.54, 1.807) is 31.5 Å². The van der Waals surface area contributed by atoms with Gasteiger partial charge in [0.1, 0.15) is 5.17 Å². The van der Waals surface area contributed by atoms with Crippen LogP contribution in [-0.4, -0.2) is 58.7 Å². The Bertz CT molecular complexity index is 652. The van der Waals surface area contributed by atoms with Crippen LogP contribution < -0.4 is 5.32 Å². The van der Waals surface area contributed by atoms with Gasteiger partial charge in [-0.2, -0.15) is 13.2 Å². The van der Waals surface area contributed by atoms with Crippen molar-refractivity contribution in [2.75, 3.05) is 32.0 Å². The van der Waals surface area contributed by atoms with E-state index in [-0.39, 0.29) is 42.8 Å². The zero-order chi connectivity index (χ0) is 20.4. The van der Waals surface area contributed by atoms with Crippen molar-refractivity contribution < 1.29 is 18.0 Å². The summed E-state index contributed by atoms with van der Waals surface area (Å²) in [7, 11) is 1.53. The first-order valence-corrected chi connectivity index (χ1v) is 8.68. The van der Waals surface area contributed by atoms with Crippen LogP contribution in [-0.2, 0) is 4.79 Å². The largest absolute Gasteiger partial charge is 0.390 e. The minimum absolute atomic E-state index is 0.0105. The third-order valence-corrected chi connectivity index (χ3v) is 3.85. The molecule has 6 nitrogen and oxygen atoms in total. The molecule has 0 spiro atoms. The second kappa shape index (κ2) is 10.9. The molecule has 1 amide bonds. The number of hydrogen-bond donors (Lipinski definition) is 2. The predicted octanol–water partition coefficient (Wildman–Crippen LogP) is 3.67. The topological polar surface area (TPSA) is 72.3 Å². The van der Waals surface area contributed by atoms with Crippen molar-refractivity contribution in [3.63, 3.8) is 0 Å². The number of halogens is 4. The molecule has 0 aliphatic rings. The molecular formula is C17H23ClF3N5O. The van der Waals surface area contributed by atoms with Gasteiger partial charge in [0.15, 0.2) is 0 Å². The Morgan fingerprint density at radius 3 is 2.63 bits per heavy atom. The number of carbonyl (C=O) groups excluding carboxylic acids is 1. The number of amides is 1. The summed E-state index contributed by atoms with van der Waals surface area (Å²) in [5.74, 6) is -0.332. The Kier molecular flexibility index (Phi) is 9.23. The molecule has 0 bridgehead atoms. The van der Waals surface area contributed by atoms with E-state index in [0.29, 0.717) is 5.69 Å². The summed E-state index contributed by atoms with van der Waals surface area (Å²) in [4.78, 5) is 19.2. The minimum Gasteiger partial charge on any atom is -0.358 e. The van der Waals surface area contributed by atoms with Crippen molar-refractivity contribution in [3.8, 4) is 0 Å². The van der Waals surface area contributed by atoms with Gasteiger partial charge in [-0.05, 0) is 26.1 Å². The molecule has 2 N–H and O–H groups in total. The Hall–Kier alpha value is -2.13. The number of anilines is 1. The van der Waals surface area contributed by atoms with E-state index in [2.05, 4.69) is 10.3 Å². The normalized spacial score (nSPS) is 12.2.